The predicted molar refractivity (Wildman–Crippen MR) is 215 cm³/mol. The molecule has 0 bridgehead atoms. The smallest absolute Gasteiger partial charge is 0.160 e. The highest BCUT2D eigenvalue weighted by atomic mass is 14.9. The summed E-state index contributed by atoms with van der Waals surface area (Å²) in [7, 11) is 0. The van der Waals surface area contributed by atoms with E-state index >= 15 is 0 Å². The van der Waals surface area contributed by atoms with Gasteiger partial charge in [0.15, 0.2) is 5.82 Å². The third-order valence-corrected chi connectivity index (χ3v) is 9.93. The Balaban J connectivity index is 1.18. The zero-order chi connectivity index (χ0) is 34.4. The standard InChI is InChI=1S/C48H30N4/c1-3-13-31(14-4-1)32-23-25-34(26-24-32)43-29-44(52-48(51-43)35-16-5-2-6-17-35)41-30-49-46(38-20-10-9-19-37(38)41)47-40-28-27-33-15-7-8-18-36(33)45(40)39-21-11-12-22-42(39)50-47/h1-30H. The molecule has 3 aromatic heterocycles. The van der Waals surface area contributed by atoms with E-state index in [9.17, 15) is 0 Å². The van der Waals surface area contributed by atoms with Crippen LogP contribution in [0.3, 0.4) is 0 Å². The third-order valence-electron chi connectivity index (χ3n) is 9.93. The van der Waals surface area contributed by atoms with Crippen molar-refractivity contribution in [1.82, 2.24) is 19.9 Å². The summed E-state index contributed by atoms with van der Waals surface area (Å²) in [6, 6.07) is 61.1. The van der Waals surface area contributed by atoms with Crippen LogP contribution in [0.15, 0.2) is 182 Å². The molecular weight excluding hydrogens is 633 g/mol. The van der Waals surface area contributed by atoms with Crippen molar-refractivity contribution in [3.63, 3.8) is 0 Å². The number of fused-ring (bicyclic) bond motifs is 6. The minimum absolute atomic E-state index is 0.669. The van der Waals surface area contributed by atoms with Crippen molar-refractivity contribution in [1.29, 1.82) is 0 Å². The van der Waals surface area contributed by atoms with Gasteiger partial charge in [-0.25, -0.2) is 15.0 Å². The number of nitrogens with zero attached hydrogens (tertiary/aromatic N) is 4. The van der Waals surface area contributed by atoms with Gasteiger partial charge in [0.1, 0.15) is 0 Å². The molecule has 0 atom stereocenters. The number of benzene rings is 7. The summed E-state index contributed by atoms with van der Waals surface area (Å²) in [5.74, 6) is 0.669. The van der Waals surface area contributed by atoms with Gasteiger partial charge >= 0.3 is 0 Å². The van der Waals surface area contributed by atoms with Gasteiger partial charge in [-0.2, -0.15) is 0 Å². The second-order valence-corrected chi connectivity index (χ2v) is 13.0. The Hall–Kier alpha value is -7.04. The molecule has 0 aliphatic carbocycles. The zero-order valence-electron chi connectivity index (χ0n) is 28.1. The lowest BCUT2D eigenvalue weighted by molar-refractivity contribution is 1.18. The Morgan fingerprint density at radius 2 is 0.942 bits per heavy atom. The van der Waals surface area contributed by atoms with E-state index in [4.69, 9.17) is 19.9 Å². The molecule has 0 unspecified atom stereocenters. The highest BCUT2D eigenvalue weighted by Gasteiger charge is 2.19. The van der Waals surface area contributed by atoms with Crippen molar-refractivity contribution < 1.29 is 0 Å². The minimum Gasteiger partial charge on any atom is -0.253 e. The fourth-order valence-corrected chi connectivity index (χ4v) is 7.40. The van der Waals surface area contributed by atoms with Crippen molar-refractivity contribution in [2.24, 2.45) is 0 Å². The van der Waals surface area contributed by atoms with Crippen LogP contribution in [0, 0.1) is 0 Å². The lowest BCUT2D eigenvalue weighted by atomic mass is 9.94. The number of hydrogen-bond donors (Lipinski definition) is 0. The lowest BCUT2D eigenvalue weighted by Crippen LogP contribution is -1.98. The maximum Gasteiger partial charge on any atom is 0.160 e. The van der Waals surface area contributed by atoms with E-state index in [0.29, 0.717) is 5.82 Å². The fourth-order valence-electron chi connectivity index (χ4n) is 7.40. The summed E-state index contributed by atoms with van der Waals surface area (Å²) in [5.41, 5.74) is 9.59. The Kier molecular flexibility index (Phi) is 7.10. The van der Waals surface area contributed by atoms with Crippen molar-refractivity contribution in [2.45, 2.75) is 0 Å². The second kappa shape index (κ2) is 12.4. The highest BCUT2D eigenvalue weighted by Crippen LogP contribution is 2.40. The van der Waals surface area contributed by atoms with E-state index in [1.54, 1.807) is 0 Å². The van der Waals surface area contributed by atoms with Crippen LogP contribution in [0.2, 0.25) is 0 Å². The van der Waals surface area contributed by atoms with Crippen molar-refractivity contribution in [3.05, 3.63) is 182 Å². The van der Waals surface area contributed by atoms with Crippen LogP contribution in [-0.4, -0.2) is 19.9 Å². The maximum absolute atomic E-state index is 5.28. The Bertz CT molecular complexity index is 2920. The summed E-state index contributed by atoms with van der Waals surface area (Å²) in [4.78, 5) is 20.8. The van der Waals surface area contributed by atoms with Gasteiger partial charge in [0.2, 0.25) is 0 Å². The van der Waals surface area contributed by atoms with Crippen molar-refractivity contribution in [2.75, 3.05) is 0 Å². The van der Waals surface area contributed by atoms with Crippen LogP contribution in [-0.2, 0) is 0 Å². The van der Waals surface area contributed by atoms with Crippen molar-refractivity contribution >= 4 is 43.2 Å². The number of hydrogen-bond acceptors (Lipinski definition) is 4. The average Bonchev–Trinajstić information content (AvgIpc) is 3.23. The molecule has 0 saturated heterocycles. The van der Waals surface area contributed by atoms with E-state index in [0.717, 1.165) is 72.1 Å². The largest absolute Gasteiger partial charge is 0.253 e. The molecule has 0 saturated carbocycles. The van der Waals surface area contributed by atoms with Crippen LogP contribution in [0.25, 0.3) is 99.6 Å². The van der Waals surface area contributed by atoms with Gasteiger partial charge in [-0.15, -0.1) is 0 Å². The summed E-state index contributed by atoms with van der Waals surface area (Å²) in [6.07, 6.45) is 1.96. The molecule has 0 amide bonds. The predicted octanol–water partition coefficient (Wildman–Crippen LogP) is 12.2. The molecular formula is C48H30N4. The van der Waals surface area contributed by atoms with Gasteiger partial charge in [0, 0.05) is 44.4 Å². The van der Waals surface area contributed by atoms with Gasteiger partial charge in [-0.1, -0.05) is 164 Å². The fraction of sp³-hybridized carbons (Fsp3) is 0. The third kappa shape index (κ3) is 5.09. The molecule has 0 aliphatic heterocycles. The van der Waals surface area contributed by atoms with Gasteiger partial charge in [0.25, 0.3) is 0 Å². The molecule has 0 spiro atoms. The first-order valence-corrected chi connectivity index (χ1v) is 17.5. The van der Waals surface area contributed by atoms with E-state index in [2.05, 4.69) is 152 Å². The number of aromatic nitrogens is 4. The number of rotatable bonds is 5. The maximum atomic E-state index is 5.28. The van der Waals surface area contributed by atoms with Crippen LogP contribution in [0.1, 0.15) is 0 Å². The van der Waals surface area contributed by atoms with E-state index < -0.39 is 0 Å². The molecule has 0 aliphatic rings. The summed E-state index contributed by atoms with van der Waals surface area (Å²) in [6.45, 7) is 0. The van der Waals surface area contributed by atoms with E-state index in [-0.39, 0.29) is 0 Å². The summed E-state index contributed by atoms with van der Waals surface area (Å²) < 4.78 is 0. The quantitative estimate of drug-likeness (QED) is 0.172. The Morgan fingerprint density at radius 1 is 0.346 bits per heavy atom. The molecule has 242 valence electrons. The molecule has 4 heteroatoms. The lowest BCUT2D eigenvalue weighted by Gasteiger charge is -2.15. The van der Waals surface area contributed by atoms with E-state index in [1.807, 2.05) is 30.5 Å². The molecule has 7 aromatic carbocycles. The molecule has 0 fully saturated rings. The molecule has 0 radical (unpaired) electrons. The van der Waals surface area contributed by atoms with Gasteiger partial charge in [-0.3, -0.25) is 4.98 Å². The van der Waals surface area contributed by atoms with Gasteiger partial charge < -0.3 is 0 Å². The second-order valence-electron chi connectivity index (χ2n) is 13.0. The monoisotopic (exact) mass is 662 g/mol. The van der Waals surface area contributed by atoms with Gasteiger partial charge in [-0.05, 0) is 39.4 Å². The minimum atomic E-state index is 0.669. The molecule has 0 N–H and O–H groups in total. The average molecular weight is 663 g/mol. The van der Waals surface area contributed by atoms with Crippen LogP contribution < -0.4 is 0 Å². The summed E-state index contributed by atoms with van der Waals surface area (Å²) in [5, 5.41) is 7.90. The molecule has 10 rings (SSSR count). The van der Waals surface area contributed by atoms with Gasteiger partial charge in [0.05, 0.1) is 28.3 Å². The Labute approximate surface area is 300 Å². The molecule has 52 heavy (non-hydrogen) atoms. The Morgan fingerprint density at radius 3 is 1.73 bits per heavy atom. The van der Waals surface area contributed by atoms with Crippen molar-refractivity contribution in [3.8, 4) is 56.4 Å². The summed E-state index contributed by atoms with van der Waals surface area (Å²) >= 11 is 0. The number of pyridine rings is 2. The highest BCUT2D eigenvalue weighted by molar-refractivity contribution is 6.23. The van der Waals surface area contributed by atoms with Crippen LogP contribution in [0.4, 0.5) is 0 Å². The first-order valence-electron chi connectivity index (χ1n) is 17.5. The first-order chi connectivity index (χ1) is 25.8. The topological polar surface area (TPSA) is 51.6 Å². The molecule has 10 aromatic rings. The van der Waals surface area contributed by atoms with Crippen LogP contribution >= 0.6 is 0 Å². The first kappa shape index (κ1) is 29.8. The molecule has 4 nitrogen and oxygen atoms in total. The number of para-hydroxylation sites is 1. The zero-order valence-corrected chi connectivity index (χ0v) is 28.1. The SMILES string of the molecule is c1ccc(-c2ccc(-c3cc(-c4cnc(-c5nc6ccccc6c6c5ccc5ccccc56)c5ccccc45)nc(-c4ccccc4)n3)cc2)cc1. The normalized spacial score (nSPS) is 11.5. The molecule has 3 heterocycles. The van der Waals surface area contributed by atoms with E-state index in [1.165, 1.54) is 21.7 Å². The van der Waals surface area contributed by atoms with Crippen LogP contribution in [0.5, 0.6) is 0 Å².